The van der Waals surface area contributed by atoms with E-state index in [1.165, 1.54) is 21.3 Å². The number of benzene rings is 3. The molecule has 1 aliphatic rings. The van der Waals surface area contributed by atoms with Gasteiger partial charge >= 0.3 is 0 Å². The van der Waals surface area contributed by atoms with E-state index in [2.05, 4.69) is 11.0 Å². The highest BCUT2D eigenvalue weighted by atomic mass is 16.5. The lowest BCUT2D eigenvalue weighted by atomic mass is 9.90. The number of rotatable bonds is 15. The summed E-state index contributed by atoms with van der Waals surface area (Å²) in [7, 11) is 8.08. The zero-order chi connectivity index (χ0) is 35.9. The molecule has 0 aliphatic carbocycles. The molecule has 1 aliphatic heterocycles. The largest absolute Gasteiger partial charge is 0.497 e. The molecular formula is C40H46N4O7. The molecule has 1 atom stereocenters. The highest BCUT2D eigenvalue weighted by molar-refractivity contribution is 5.98. The van der Waals surface area contributed by atoms with Crippen molar-refractivity contribution in [2.45, 2.75) is 31.7 Å². The number of para-hydroxylation sites is 2. The third kappa shape index (κ3) is 7.88. The van der Waals surface area contributed by atoms with Crippen LogP contribution in [-0.4, -0.2) is 92.7 Å². The van der Waals surface area contributed by atoms with Crippen molar-refractivity contribution in [3.05, 3.63) is 102 Å². The summed E-state index contributed by atoms with van der Waals surface area (Å²) in [6, 6.07) is 23.0. The monoisotopic (exact) mass is 694 g/mol. The summed E-state index contributed by atoms with van der Waals surface area (Å²) in [5, 5.41) is 0. The van der Waals surface area contributed by atoms with Crippen LogP contribution in [0.15, 0.2) is 83.5 Å². The Bertz CT molecular complexity index is 1920. The molecule has 11 heteroatoms. The first kappa shape index (κ1) is 35.5. The SMILES string of the molecule is COc1cccc(C(CCN2CCC(C(=O)c3nc4ccccc4n3Cc3ccco3)CC2)CN(C)C(=O)c2cc(OC)c(OC)c(OC)c2)c1. The van der Waals surface area contributed by atoms with E-state index in [1.807, 2.05) is 66.2 Å². The lowest BCUT2D eigenvalue weighted by Crippen LogP contribution is -2.38. The van der Waals surface area contributed by atoms with Gasteiger partial charge in [-0.2, -0.15) is 0 Å². The van der Waals surface area contributed by atoms with Gasteiger partial charge in [0, 0.05) is 31.0 Å². The Balaban J connectivity index is 1.13. The van der Waals surface area contributed by atoms with Crippen LogP contribution < -0.4 is 18.9 Å². The number of furan rings is 1. The average Bonchev–Trinajstić information content (AvgIpc) is 3.83. The van der Waals surface area contributed by atoms with Gasteiger partial charge in [0.25, 0.3) is 5.91 Å². The standard InChI is InChI=1S/C40H46N4O7/c1-42(40(46)30-23-35(48-3)38(50-5)36(24-30)49-4)25-29(28-10-8-11-31(22-28)47-2)17-20-43-18-15-27(16-19-43)37(45)39-41-33-13-6-7-14-34(33)44(39)26-32-12-9-21-51-32/h6-14,21-24,27,29H,15-20,25-26H2,1-5H3. The van der Waals surface area contributed by atoms with Crippen LogP contribution in [0.25, 0.3) is 11.0 Å². The minimum Gasteiger partial charge on any atom is -0.497 e. The molecule has 6 rings (SSSR count). The van der Waals surface area contributed by atoms with Crippen LogP contribution in [0, 0.1) is 5.92 Å². The molecule has 1 amide bonds. The predicted octanol–water partition coefficient (Wildman–Crippen LogP) is 6.55. The highest BCUT2D eigenvalue weighted by Crippen LogP contribution is 2.38. The van der Waals surface area contributed by atoms with Crippen molar-refractivity contribution in [3.63, 3.8) is 0 Å². The van der Waals surface area contributed by atoms with Crippen molar-refractivity contribution in [3.8, 4) is 23.0 Å². The van der Waals surface area contributed by atoms with E-state index in [4.69, 9.17) is 28.3 Å². The Morgan fingerprint density at radius 1 is 0.902 bits per heavy atom. The molecule has 11 nitrogen and oxygen atoms in total. The van der Waals surface area contributed by atoms with Crippen molar-refractivity contribution in [2.24, 2.45) is 5.92 Å². The molecule has 3 aromatic carbocycles. The quantitative estimate of drug-likeness (QED) is 0.113. The number of ether oxygens (including phenoxy) is 4. The molecule has 268 valence electrons. The molecule has 0 N–H and O–H groups in total. The number of imidazole rings is 1. The Morgan fingerprint density at radius 2 is 1.65 bits per heavy atom. The number of likely N-dealkylation sites (tertiary alicyclic amines) is 1. The summed E-state index contributed by atoms with van der Waals surface area (Å²) in [6.07, 6.45) is 3.98. The topological polar surface area (TPSA) is 109 Å². The van der Waals surface area contributed by atoms with E-state index in [-0.39, 0.29) is 23.5 Å². The van der Waals surface area contributed by atoms with Gasteiger partial charge in [0.15, 0.2) is 17.3 Å². The number of nitrogens with zero attached hydrogens (tertiary/aromatic N) is 4. The van der Waals surface area contributed by atoms with Crippen LogP contribution in [0.1, 0.15) is 57.5 Å². The van der Waals surface area contributed by atoms with E-state index in [0.29, 0.717) is 41.7 Å². The lowest BCUT2D eigenvalue weighted by molar-refractivity contribution is 0.0778. The molecule has 0 bridgehead atoms. The van der Waals surface area contributed by atoms with Gasteiger partial charge in [-0.1, -0.05) is 24.3 Å². The van der Waals surface area contributed by atoms with Crippen molar-refractivity contribution in [2.75, 3.05) is 61.7 Å². The summed E-state index contributed by atoms with van der Waals surface area (Å²) in [6.45, 7) is 3.38. The van der Waals surface area contributed by atoms with Crippen LogP contribution in [0.3, 0.4) is 0 Å². The van der Waals surface area contributed by atoms with Crippen LogP contribution in [0.2, 0.25) is 0 Å². The molecule has 3 heterocycles. The van der Waals surface area contributed by atoms with Crippen LogP contribution in [0.5, 0.6) is 23.0 Å². The van der Waals surface area contributed by atoms with Gasteiger partial charge in [-0.3, -0.25) is 9.59 Å². The van der Waals surface area contributed by atoms with Gasteiger partial charge < -0.3 is 37.7 Å². The third-order valence-corrected chi connectivity index (χ3v) is 9.84. The molecule has 2 aromatic heterocycles. The average molecular weight is 695 g/mol. The number of aromatic nitrogens is 2. The first-order valence-corrected chi connectivity index (χ1v) is 17.3. The fourth-order valence-corrected chi connectivity index (χ4v) is 7.02. The first-order valence-electron chi connectivity index (χ1n) is 17.3. The van der Waals surface area contributed by atoms with Crippen molar-refractivity contribution in [1.29, 1.82) is 0 Å². The van der Waals surface area contributed by atoms with Crippen LogP contribution in [-0.2, 0) is 6.54 Å². The second kappa shape index (κ2) is 16.2. The molecule has 5 aromatic rings. The highest BCUT2D eigenvalue weighted by Gasteiger charge is 2.30. The van der Waals surface area contributed by atoms with E-state index >= 15 is 0 Å². The maximum atomic E-state index is 14.0. The van der Waals surface area contributed by atoms with Gasteiger partial charge in [-0.05, 0) is 93.0 Å². The second-order valence-electron chi connectivity index (χ2n) is 12.9. The molecule has 51 heavy (non-hydrogen) atoms. The first-order chi connectivity index (χ1) is 24.8. The predicted molar refractivity (Wildman–Crippen MR) is 194 cm³/mol. The van der Waals surface area contributed by atoms with Crippen LogP contribution in [0.4, 0.5) is 0 Å². The van der Waals surface area contributed by atoms with E-state index in [9.17, 15) is 9.59 Å². The van der Waals surface area contributed by atoms with E-state index < -0.39 is 0 Å². The number of ketones is 1. The van der Waals surface area contributed by atoms with Gasteiger partial charge in [0.2, 0.25) is 11.5 Å². The Morgan fingerprint density at radius 3 is 2.31 bits per heavy atom. The Hall–Kier alpha value is -5.29. The number of hydrogen-bond donors (Lipinski definition) is 0. The molecule has 1 saturated heterocycles. The summed E-state index contributed by atoms with van der Waals surface area (Å²) >= 11 is 0. The minimum absolute atomic E-state index is 0.0388. The van der Waals surface area contributed by atoms with Gasteiger partial charge in [-0.15, -0.1) is 0 Å². The smallest absolute Gasteiger partial charge is 0.253 e. The maximum absolute atomic E-state index is 14.0. The number of carbonyl (C=O) groups excluding carboxylic acids is 2. The molecular weight excluding hydrogens is 648 g/mol. The van der Waals surface area contributed by atoms with Gasteiger partial charge in [-0.25, -0.2) is 4.98 Å². The van der Waals surface area contributed by atoms with E-state index in [0.717, 1.165) is 67.0 Å². The Labute approximate surface area is 298 Å². The minimum atomic E-state index is -0.153. The number of amides is 1. The van der Waals surface area contributed by atoms with Crippen molar-refractivity contribution >= 4 is 22.7 Å². The fourth-order valence-electron chi connectivity index (χ4n) is 7.02. The molecule has 1 unspecified atom stereocenters. The summed E-state index contributed by atoms with van der Waals surface area (Å²) in [4.78, 5) is 36.7. The molecule has 1 fully saturated rings. The number of carbonyl (C=O) groups is 2. The number of piperidine rings is 1. The zero-order valence-electron chi connectivity index (χ0n) is 30.0. The molecule has 0 saturated carbocycles. The van der Waals surface area contributed by atoms with Crippen molar-refractivity contribution in [1.82, 2.24) is 19.4 Å². The normalized spacial score (nSPS) is 14.3. The van der Waals surface area contributed by atoms with Gasteiger partial charge in [0.05, 0.1) is 52.3 Å². The number of methoxy groups -OCH3 is 4. The number of fused-ring (bicyclic) bond motifs is 1. The zero-order valence-corrected chi connectivity index (χ0v) is 30.0. The van der Waals surface area contributed by atoms with Crippen molar-refractivity contribution < 1.29 is 33.0 Å². The molecule has 0 spiro atoms. The summed E-state index contributed by atoms with van der Waals surface area (Å²) in [5.41, 5.74) is 3.27. The Kier molecular flexibility index (Phi) is 11.3. The fraction of sp³-hybridized carbons (Fsp3) is 0.375. The second-order valence-corrected chi connectivity index (χ2v) is 12.9. The van der Waals surface area contributed by atoms with Crippen LogP contribution >= 0.6 is 0 Å². The summed E-state index contributed by atoms with van der Waals surface area (Å²) in [5.74, 6) is 3.19. The molecule has 0 radical (unpaired) electrons. The number of Topliss-reactive ketones (excluding diaryl/α,β-unsaturated/α-hetero) is 1. The number of hydrogen-bond acceptors (Lipinski definition) is 9. The third-order valence-electron chi connectivity index (χ3n) is 9.84. The van der Waals surface area contributed by atoms with E-state index in [1.54, 1.807) is 30.4 Å². The van der Waals surface area contributed by atoms with Gasteiger partial charge in [0.1, 0.15) is 11.5 Å². The lowest BCUT2D eigenvalue weighted by Gasteiger charge is -2.33. The summed E-state index contributed by atoms with van der Waals surface area (Å²) < 4.78 is 29.6. The number of likely N-dealkylation sites (N-methyl/N-ethyl adjacent to an activating group) is 1. The maximum Gasteiger partial charge on any atom is 0.253 e.